The summed E-state index contributed by atoms with van der Waals surface area (Å²) in [5.41, 5.74) is 3.18. The van der Waals surface area contributed by atoms with E-state index in [2.05, 4.69) is 22.3 Å². The van der Waals surface area contributed by atoms with E-state index in [1.165, 1.54) is 12.1 Å². The number of para-hydroxylation sites is 2. The third kappa shape index (κ3) is 8.03. The molecule has 0 aliphatic carbocycles. The number of thiocarbonyl (C=S) groups is 1. The number of ether oxygens (including phenoxy) is 1. The van der Waals surface area contributed by atoms with E-state index in [1.807, 2.05) is 38.1 Å². The van der Waals surface area contributed by atoms with Crippen LogP contribution in [0.25, 0.3) is 0 Å². The lowest BCUT2D eigenvalue weighted by Gasteiger charge is -2.14. The Bertz CT molecular complexity index is 1320. The third-order valence-electron chi connectivity index (χ3n) is 5.75. The monoisotopic (exact) mass is 539 g/mol. The van der Waals surface area contributed by atoms with E-state index in [9.17, 15) is 13.2 Å². The van der Waals surface area contributed by atoms with Crippen molar-refractivity contribution in [3.05, 3.63) is 83.4 Å². The second-order valence-electron chi connectivity index (χ2n) is 8.71. The molecule has 7 nitrogen and oxygen atoms in total. The van der Waals surface area contributed by atoms with Crippen LogP contribution in [0.4, 0.5) is 11.4 Å². The van der Waals surface area contributed by atoms with Crippen LogP contribution >= 0.6 is 12.2 Å². The van der Waals surface area contributed by atoms with Gasteiger partial charge in [-0.05, 0) is 80.0 Å². The normalized spacial score (nSPS) is 11.0. The first kappa shape index (κ1) is 28.1. The zero-order chi connectivity index (χ0) is 26.8. The van der Waals surface area contributed by atoms with E-state index in [0.29, 0.717) is 29.3 Å². The van der Waals surface area contributed by atoms with Crippen molar-refractivity contribution in [2.45, 2.75) is 51.3 Å². The summed E-state index contributed by atoms with van der Waals surface area (Å²) in [4.78, 5) is 12.9. The van der Waals surface area contributed by atoms with Crippen molar-refractivity contribution in [1.29, 1.82) is 0 Å². The predicted molar refractivity (Wildman–Crippen MR) is 153 cm³/mol. The second-order valence-corrected chi connectivity index (χ2v) is 10.8. The third-order valence-corrected chi connectivity index (χ3v) is 7.32. The highest BCUT2D eigenvalue weighted by atomic mass is 32.2. The van der Waals surface area contributed by atoms with Crippen LogP contribution < -0.4 is 20.1 Å². The maximum Gasteiger partial charge on any atom is 0.261 e. The summed E-state index contributed by atoms with van der Waals surface area (Å²) in [7, 11) is -3.77. The molecule has 0 aliphatic rings. The summed E-state index contributed by atoms with van der Waals surface area (Å²) in [5.74, 6) is 0.115. The Balaban J connectivity index is 1.60. The molecule has 0 bridgehead atoms. The number of carbonyl (C=O) groups excluding carboxylic acids is 1. The molecule has 0 aromatic heterocycles. The fourth-order valence-corrected chi connectivity index (χ4v) is 5.12. The zero-order valence-electron chi connectivity index (χ0n) is 21.3. The van der Waals surface area contributed by atoms with Gasteiger partial charge in [-0.2, -0.15) is 0 Å². The van der Waals surface area contributed by atoms with Gasteiger partial charge in [-0.15, -0.1) is 0 Å². The minimum absolute atomic E-state index is 0.0898. The smallest absolute Gasteiger partial charge is 0.261 e. The van der Waals surface area contributed by atoms with E-state index < -0.39 is 15.9 Å². The molecule has 0 fully saturated rings. The summed E-state index contributed by atoms with van der Waals surface area (Å²) >= 11 is 5.30. The summed E-state index contributed by atoms with van der Waals surface area (Å²) < 4.78 is 34.2. The number of nitrogens with one attached hydrogen (secondary N) is 3. The first-order valence-corrected chi connectivity index (χ1v) is 14.1. The van der Waals surface area contributed by atoms with Gasteiger partial charge >= 0.3 is 0 Å². The Hall–Kier alpha value is -3.43. The number of benzene rings is 3. The zero-order valence-corrected chi connectivity index (χ0v) is 23.0. The van der Waals surface area contributed by atoms with Gasteiger partial charge in [0.1, 0.15) is 5.75 Å². The Morgan fingerprint density at radius 1 is 0.892 bits per heavy atom. The average molecular weight is 540 g/mol. The lowest BCUT2D eigenvalue weighted by Crippen LogP contribution is -2.34. The molecule has 37 heavy (non-hydrogen) atoms. The highest BCUT2D eigenvalue weighted by molar-refractivity contribution is 7.92. The van der Waals surface area contributed by atoms with Crippen molar-refractivity contribution in [3.63, 3.8) is 0 Å². The number of unbranched alkanes of at least 4 members (excludes halogenated alkanes) is 3. The molecule has 1 amide bonds. The summed E-state index contributed by atoms with van der Waals surface area (Å²) in [5, 5.41) is 5.66. The van der Waals surface area contributed by atoms with Crippen LogP contribution in [-0.4, -0.2) is 26.0 Å². The maximum absolute atomic E-state index is 12.9. The second kappa shape index (κ2) is 13.2. The van der Waals surface area contributed by atoms with E-state index in [-0.39, 0.29) is 10.0 Å². The Labute approximate surface area is 224 Å². The molecule has 0 heterocycles. The lowest BCUT2D eigenvalue weighted by molar-refractivity contribution is 0.0973. The van der Waals surface area contributed by atoms with E-state index in [4.69, 9.17) is 17.0 Å². The summed E-state index contributed by atoms with van der Waals surface area (Å²) in [6, 6.07) is 18.7. The van der Waals surface area contributed by atoms with Gasteiger partial charge in [-0.1, -0.05) is 56.5 Å². The van der Waals surface area contributed by atoms with Crippen molar-refractivity contribution in [1.82, 2.24) is 5.32 Å². The minimum atomic E-state index is -3.77. The molecule has 0 aliphatic heterocycles. The van der Waals surface area contributed by atoms with Crippen molar-refractivity contribution in [2.75, 3.05) is 16.6 Å². The number of rotatable bonds is 11. The van der Waals surface area contributed by atoms with Gasteiger partial charge in [0.2, 0.25) is 0 Å². The van der Waals surface area contributed by atoms with Crippen LogP contribution in [0.3, 0.4) is 0 Å². The molecule has 3 aromatic carbocycles. The number of aryl methyl sites for hydroxylation is 2. The lowest BCUT2D eigenvalue weighted by atomic mass is 10.1. The van der Waals surface area contributed by atoms with Gasteiger partial charge in [0, 0.05) is 5.69 Å². The van der Waals surface area contributed by atoms with Crippen molar-refractivity contribution in [3.8, 4) is 5.75 Å². The molecule has 0 atom stereocenters. The van der Waals surface area contributed by atoms with Crippen LogP contribution in [0.15, 0.2) is 71.6 Å². The first-order chi connectivity index (χ1) is 17.7. The van der Waals surface area contributed by atoms with Crippen molar-refractivity contribution in [2.24, 2.45) is 0 Å². The first-order valence-electron chi connectivity index (χ1n) is 12.2. The van der Waals surface area contributed by atoms with Gasteiger partial charge in [0.05, 0.1) is 22.8 Å². The molecular formula is C28H33N3O4S2. The van der Waals surface area contributed by atoms with E-state index in [0.717, 1.165) is 36.8 Å². The molecule has 3 aromatic rings. The summed E-state index contributed by atoms with van der Waals surface area (Å²) in [6.07, 6.45) is 4.31. The topological polar surface area (TPSA) is 96.5 Å². The van der Waals surface area contributed by atoms with Gasteiger partial charge in [0.15, 0.2) is 5.11 Å². The quantitative estimate of drug-likeness (QED) is 0.199. The molecule has 9 heteroatoms. The maximum atomic E-state index is 12.9. The highest BCUT2D eigenvalue weighted by Crippen LogP contribution is 2.24. The van der Waals surface area contributed by atoms with Crippen LogP contribution in [0.5, 0.6) is 5.75 Å². The Morgan fingerprint density at radius 2 is 1.57 bits per heavy atom. The highest BCUT2D eigenvalue weighted by Gasteiger charge is 2.17. The molecule has 0 unspecified atom stereocenters. The molecular weight excluding hydrogens is 506 g/mol. The van der Waals surface area contributed by atoms with Crippen LogP contribution in [0.2, 0.25) is 0 Å². The number of sulfonamides is 1. The van der Waals surface area contributed by atoms with Crippen LogP contribution in [0.1, 0.15) is 54.1 Å². The number of carbonyl (C=O) groups is 1. The number of amides is 1. The fourth-order valence-electron chi connectivity index (χ4n) is 3.71. The van der Waals surface area contributed by atoms with Crippen molar-refractivity contribution < 1.29 is 17.9 Å². The number of anilines is 2. The average Bonchev–Trinajstić information content (AvgIpc) is 2.87. The van der Waals surface area contributed by atoms with Gasteiger partial charge in [0.25, 0.3) is 15.9 Å². The molecule has 0 saturated heterocycles. The summed E-state index contributed by atoms with van der Waals surface area (Å²) in [6.45, 7) is 6.40. The minimum Gasteiger partial charge on any atom is -0.493 e. The van der Waals surface area contributed by atoms with E-state index in [1.54, 1.807) is 30.3 Å². The van der Waals surface area contributed by atoms with E-state index >= 15 is 0 Å². The standard InChI is InChI=1S/C28H33N3O4S2/c1-4-5-6-9-19-35-25-14-8-7-13-24(25)27(32)30-28(36)29-22-15-17-23(18-16-22)37(33,34)31-26-20(2)11-10-12-21(26)3/h7-8,10-18,31H,4-6,9,19H2,1-3H3,(H2,29,30,32,36). The number of hydrogen-bond donors (Lipinski definition) is 3. The molecule has 0 radical (unpaired) electrons. The molecule has 3 rings (SSSR count). The fraction of sp³-hybridized carbons (Fsp3) is 0.286. The molecule has 0 saturated carbocycles. The molecule has 196 valence electrons. The number of hydrogen-bond acceptors (Lipinski definition) is 5. The van der Waals surface area contributed by atoms with Crippen LogP contribution in [-0.2, 0) is 10.0 Å². The Kier molecular flexibility index (Phi) is 10.0. The van der Waals surface area contributed by atoms with Gasteiger partial charge in [-0.3, -0.25) is 14.8 Å². The SMILES string of the molecule is CCCCCCOc1ccccc1C(=O)NC(=S)Nc1ccc(S(=O)(=O)Nc2c(C)cccc2C)cc1. The largest absolute Gasteiger partial charge is 0.493 e. The molecule has 0 spiro atoms. The Morgan fingerprint density at radius 3 is 2.24 bits per heavy atom. The predicted octanol–water partition coefficient (Wildman–Crippen LogP) is 6.19. The van der Waals surface area contributed by atoms with Crippen LogP contribution in [0, 0.1) is 13.8 Å². The van der Waals surface area contributed by atoms with Crippen molar-refractivity contribution >= 4 is 44.6 Å². The van der Waals surface area contributed by atoms with Gasteiger partial charge < -0.3 is 10.1 Å². The molecule has 3 N–H and O–H groups in total. The van der Waals surface area contributed by atoms with Gasteiger partial charge in [-0.25, -0.2) is 8.42 Å².